The number of amides is 1. The fraction of sp³-hybridized carbons (Fsp3) is 0.263. The van der Waals surface area contributed by atoms with Gasteiger partial charge in [0.15, 0.2) is 11.2 Å². The van der Waals surface area contributed by atoms with Gasteiger partial charge in [0, 0.05) is 20.7 Å². The molecule has 128 valence electrons. The summed E-state index contributed by atoms with van der Waals surface area (Å²) in [5, 5.41) is 5.51. The highest BCUT2D eigenvalue weighted by Gasteiger charge is 2.27. The zero-order valence-corrected chi connectivity index (χ0v) is 15.7. The van der Waals surface area contributed by atoms with Crippen molar-refractivity contribution in [2.24, 2.45) is 0 Å². The largest absolute Gasteiger partial charge is 0.363 e. The number of nitrogens with one attached hydrogen (secondary N) is 1. The number of aryl methyl sites for hydroxylation is 2. The summed E-state index contributed by atoms with van der Waals surface area (Å²) >= 11 is 3.20. The molecule has 1 atom stereocenters. The summed E-state index contributed by atoms with van der Waals surface area (Å²) in [5.74, 6) is -0.161. The molecule has 1 aromatic carbocycles. The second-order valence-electron chi connectivity index (χ2n) is 6.05. The van der Waals surface area contributed by atoms with Crippen LogP contribution in [-0.4, -0.2) is 17.5 Å². The predicted molar refractivity (Wildman–Crippen MR) is 102 cm³/mol. The van der Waals surface area contributed by atoms with Crippen LogP contribution in [0.5, 0.6) is 0 Å². The molecule has 0 aliphatic carbocycles. The van der Waals surface area contributed by atoms with Gasteiger partial charge in [-0.1, -0.05) is 24.3 Å². The van der Waals surface area contributed by atoms with Crippen LogP contribution in [0, 0.1) is 13.8 Å². The van der Waals surface area contributed by atoms with E-state index in [1.54, 1.807) is 11.3 Å². The van der Waals surface area contributed by atoms with Crippen molar-refractivity contribution in [2.45, 2.75) is 26.4 Å². The third kappa shape index (κ3) is 3.25. The van der Waals surface area contributed by atoms with Gasteiger partial charge in [-0.2, -0.15) is 0 Å². The van der Waals surface area contributed by atoms with Crippen LogP contribution in [0.3, 0.4) is 0 Å². The van der Waals surface area contributed by atoms with Gasteiger partial charge < -0.3 is 4.74 Å². The third-order valence-corrected chi connectivity index (χ3v) is 6.01. The third-order valence-electron chi connectivity index (χ3n) is 4.28. The highest BCUT2D eigenvalue weighted by atomic mass is 32.1. The summed E-state index contributed by atoms with van der Waals surface area (Å²) in [6, 6.07) is 10.1. The van der Waals surface area contributed by atoms with Crippen molar-refractivity contribution in [2.75, 3.05) is 11.9 Å². The van der Waals surface area contributed by atoms with Crippen molar-refractivity contribution < 1.29 is 9.53 Å². The minimum Gasteiger partial charge on any atom is -0.363 e. The molecule has 1 aliphatic heterocycles. The van der Waals surface area contributed by atoms with Crippen molar-refractivity contribution in [1.82, 2.24) is 4.98 Å². The van der Waals surface area contributed by atoms with E-state index in [4.69, 9.17) is 4.74 Å². The Morgan fingerprint density at radius 1 is 1.32 bits per heavy atom. The molecule has 0 saturated carbocycles. The molecule has 0 bridgehead atoms. The lowest BCUT2D eigenvalue weighted by Crippen LogP contribution is -2.28. The van der Waals surface area contributed by atoms with E-state index in [9.17, 15) is 4.79 Å². The molecule has 0 saturated heterocycles. The number of fused-ring (bicyclic) bond motifs is 1. The summed E-state index contributed by atoms with van der Waals surface area (Å²) in [4.78, 5) is 19.8. The minimum atomic E-state index is -0.567. The molecule has 4 nitrogen and oxygen atoms in total. The van der Waals surface area contributed by atoms with Crippen LogP contribution in [0.2, 0.25) is 0 Å². The van der Waals surface area contributed by atoms with Crippen LogP contribution in [0.1, 0.15) is 27.0 Å². The Kier molecular flexibility index (Phi) is 4.41. The molecule has 25 heavy (non-hydrogen) atoms. The van der Waals surface area contributed by atoms with Crippen LogP contribution in [0.4, 0.5) is 5.13 Å². The summed E-state index contributed by atoms with van der Waals surface area (Å²) in [6.45, 7) is 4.75. The van der Waals surface area contributed by atoms with Gasteiger partial charge in [-0.3, -0.25) is 10.1 Å². The first-order chi connectivity index (χ1) is 12.1. The Morgan fingerprint density at radius 3 is 2.96 bits per heavy atom. The maximum absolute atomic E-state index is 12.7. The van der Waals surface area contributed by atoms with Gasteiger partial charge in [0.05, 0.1) is 12.3 Å². The van der Waals surface area contributed by atoms with Crippen molar-refractivity contribution in [3.05, 3.63) is 56.6 Å². The number of ether oxygens (including phenoxy) is 1. The topological polar surface area (TPSA) is 51.2 Å². The first kappa shape index (κ1) is 16.4. The van der Waals surface area contributed by atoms with E-state index in [0.717, 1.165) is 23.2 Å². The molecule has 2 aromatic heterocycles. The molecule has 1 aliphatic rings. The van der Waals surface area contributed by atoms with Gasteiger partial charge in [-0.25, -0.2) is 4.98 Å². The first-order valence-electron chi connectivity index (χ1n) is 8.15. The fourth-order valence-corrected chi connectivity index (χ4v) is 4.77. The average Bonchev–Trinajstić information content (AvgIpc) is 3.20. The number of hydrogen-bond donors (Lipinski definition) is 1. The Labute approximate surface area is 154 Å². The molecule has 3 aromatic rings. The van der Waals surface area contributed by atoms with Gasteiger partial charge >= 0.3 is 0 Å². The predicted octanol–water partition coefficient (Wildman–Crippen LogP) is 4.74. The molecule has 3 heterocycles. The molecule has 0 unspecified atom stereocenters. The van der Waals surface area contributed by atoms with Gasteiger partial charge in [-0.05, 0) is 37.5 Å². The molecule has 0 spiro atoms. The summed E-state index contributed by atoms with van der Waals surface area (Å²) in [7, 11) is 0. The van der Waals surface area contributed by atoms with Gasteiger partial charge in [-0.15, -0.1) is 22.7 Å². The number of thiophene rings is 1. The molecule has 1 N–H and O–H groups in total. The Hall–Kier alpha value is -2.02. The van der Waals surface area contributed by atoms with E-state index < -0.39 is 6.10 Å². The van der Waals surface area contributed by atoms with E-state index >= 15 is 0 Å². The molecular formula is C19H18N2O2S2. The van der Waals surface area contributed by atoms with E-state index in [2.05, 4.69) is 36.3 Å². The summed E-state index contributed by atoms with van der Waals surface area (Å²) < 4.78 is 5.72. The van der Waals surface area contributed by atoms with E-state index in [-0.39, 0.29) is 5.91 Å². The standard InChI is InChI=1S/C19H18N2O2S2/c1-11-9-15(12(2)25-11)16-10-24-19(20-16)21-18(22)17-14-6-4-3-5-13(14)7-8-23-17/h3-6,9-10,17H,7-8H2,1-2H3,(H,20,21,22)/t17-/m1/s1. The maximum Gasteiger partial charge on any atom is 0.259 e. The second kappa shape index (κ2) is 6.71. The lowest BCUT2D eigenvalue weighted by molar-refractivity contribution is -0.128. The molecule has 0 fully saturated rings. The normalized spacial score (nSPS) is 16.5. The Bertz CT molecular complexity index is 929. The van der Waals surface area contributed by atoms with Gasteiger partial charge in [0.25, 0.3) is 5.91 Å². The van der Waals surface area contributed by atoms with Gasteiger partial charge in [0.2, 0.25) is 0 Å². The monoisotopic (exact) mass is 370 g/mol. The van der Waals surface area contributed by atoms with Crippen LogP contribution < -0.4 is 5.32 Å². The SMILES string of the molecule is Cc1cc(-c2csc(NC(=O)[C@@H]3OCCc4ccccc43)n2)c(C)s1. The number of thiazole rings is 1. The van der Waals surface area contributed by atoms with E-state index in [1.807, 2.05) is 23.6 Å². The molecule has 0 radical (unpaired) electrons. The van der Waals surface area contributed by atoms with Crippen molar-refractivity contribution in [3.63, 3.8) is 0 Å². The Balaban J connectivity index is 1.54. The minimum absolute atomic E-state index is 0.161. The number of aromatic nitrogens is 1. The van der Waals surface area contributed by atoms with Crippen LogP contribution in [-0.2, 0) is 16.0 Å². The highest BCUT2D eigenvalue weighted by Crippen LogP contribution is 2.33. The molecule has 6 heteroatoms. The fourth-order valence-electron chi connectivity index (χ4n) is 3.12. The quantitative estimate of drug-likeness (QED) is 0.724. The van der Waals surface area contributed by atoms with E-state index in [0.29, 0.717) is 11.7 Å². The van der Waals surface area contributed by atoms with Crippen molar-refractivity contribution in [1.29, 1.82) is 0 Å². The lowest BCUT2D eigenvalue weighted by Gasteiger charge is -2.24. The lowest BCUT2D eigenvalue weighted by atomic mass is 9.97. The number of nitrogens with zero attached hydrogens (tertiary/aromatic N) is 1. The van der Waals surface area contributed by atoms with Crippen LogP contribution >= 0.6 is 22.7 Å². The zero-order valence-electron chi connectivity index (χ0n) is 14.0. The van der Waals surface area contributed by atoms with Crippen LogP contribution in [0.25, 0.3) is 11.3 Å². The average molecular weight is 370 g/mol. The number of carbonyl (C=O) groups excluding carboxylic acids is 1. The van der Waals surface area contributed by atoms with Gasteiger partial charge in [0.1, 0.15) is 0 Å². The second-order valence-corrected chi connectivity index (χ2v) is 8.37. The number of hydrogen-bond acceptors (Lipinski definition) is 5. The first-order valence-corrected chi connectivity index (χ1v) is 9.84. The number of rotatable bonds is 3. The highest BCUT2D eigenvalue weighted by molar-refractivity contribution is 7.14. The number of anilines is 1. The Morgan fingerprint density at radius 2 is 2.16 bits per heavy atom. The maximum atomic E-state index is 12.7. The summed E-state index contributed by atoms with van der Waals surface area (Å²) in [5.41, 5.74) is 4.18. The molecular weight excluding hydrogens is 352 g/mol. The molecule has 4 rings (SSSR count). The van der Waals surface area contributed by atoms with Crippen molar-refractivity contribution in [3.8, 4) is 11.3 Å². The molecule has 1 amide bonds. The van der Waals surface area contributed by atoms with Crippen molar-refractivity contribution >= 4 is 33.7 Å². The number of carbonyl (C=O) groups is 1. The zero-order chi connectivity index (χ0) is 17.4. The smallest absolute Gasteiger partial charge is 0.259 e. The van der Waals surface area contributed by atoms with Crippen LogP contribution in [0.15, 0.2) is 35.7 Å². The van der Waals surface area contributed by atoms with E-state index in [1.165, 1.54) is 26.7 Å². The number of benzene rings is 1. The summed E-state index contributed by atoms with van der Waals surface area (Å²) in [6.07, 6.45) is 0.278.